The van der Waals surface area contributed by atoms with E-state index in [0.717, 1.165) is 103 Å². The lowest BCUT2D eigenvalue weighted by atomic mass is 9.80. The van der Waals surface area contributed by atoms with Crippen LogP contribution in [-0.2, 0) is 19.1 Å². The van der Waals surface area contributed by atoms with E-state index >= 15 is 0 Å². The minimum Gasteiger partial charge on any atom is -0.460 e. The summed E-state index contributed by atoms with van der Waals surface area (Å²) in [6.45, 7) is 4.22. The summed E-state index contributed by atoms with van der Waals surface area (Å²) in [6, 6.07) is 8.88. The van der Waals surface area contributed by atoms with Crippen molar-refractivity contribution in [1.29, 1.82) is 0 Å². The van der Waals surface area contributed by atoms with Crippen molar-refractivity contribution in [3.05, 3.63) is 35.4 Å². The molecular formula is C34H52F2O4. The van der Waals surface area contributed by atoms with Crippen LogP contribution in [0.15, 0.2) is 24.3 Å². The Kier molecular flexibility index (Phi) is 14.4. The number of unbranched alkanes of at least 4 members (excludes halogenated alkanes) is 6. The van der Waals surface area contributed by atoms with Crippen molar-refractivity contribution >= 4 is 11.9 Å². The van der Waals surface area contributed by atoms with Crippen LogP contribution in [0.4, 0.5) is 8.78 Å². The fourth-order valence-electron chi connectivity index (χ4n) is 6.28. The molecule has 6 heteroatoms. The molecule has 0 heterocycles. The van der Waals surface area contributed by atoms with E-state index in [1.165, 1.54) is 11.1 Å². The van der Waals surface area contributed by atoms with Gasteiger partial charge in [-0.2, -0.15) is 0 Å². The summed E-state index contributed by atoms with van der Waals surface area (Å²) < 4.78 is 39.3. The van der Waals surface area contributed by atoms with E-state index in [0.29, 0.717) is 11.8 Å². The zero-order valence-electron chi connectivity index (χ0n) is 24.9. The van der Waals surface area contributed by atoms with Gasteiger partial charge in [-0.1, -0.05) is 76.6 Å². The summed E-state index contributed by atoms with van der Waals surface area (Å²) in [6.07, 6.45) is 11.8. The van der Waals surface area contributed by atoms with Gasteiger partial charge in [0.1, 0.15) is 12.2 Å². The van der Waals surface area contributed by atoms with Crippen LogP contribution in [0.3, 0.4) is 0 Å². The SMILES string of the molecule is CCCCCC[C@H](F)C(=O)OC1CCC(c2ccc(C3CCC(OC(=O)[C@@H](F)CCCCCC)CC3)cc2)CC1. The number of hydrogen-bond acceptors (Lipinski definition) is 4. The second-order valence-electron chi connectivity index (χ2n) is 12.1. The molecule has 0 unspecified atom stereocenters. The number of carbonyl (C=O) groups excluding carboxylic acids is 2. The molecule has 2 atom stereocenters. The molecule has 0 aromatic heterocycles. The van der Waals surface area contributed by atoms with Crippen molar-refractivity contribution in [2.75, 3.05) is 0 Å². The van der Waals surface area contributed by atoms with Gasteiger partial charge in [0.25, 0.3) is 0 Å². The van der Waals surface area contributed by atoms with Crippen molar-refractivity contribution in [2.45, 2.75) is 166 Å². The molecule has 0 aliphatic heterocycles. The summed E-state index contributed by atoms with van der Waals surface area (Å²) >= 11 is 0. The second-order valence-corrected chi connectivity index (χ2v) is 12.1. The Bertz CT molecular complexity index is 786. The van der Waals surface area contributed by atoms with E-state index in [4.69, 9.17) is 9.47 Å². The third-order valence-electron chi connectivity index (χ3n) is 8.93. The molecule has 2 aliphatic rings. The molecule has 2 fully saturated rings. The van der Waals surface area contributed by atoms with Crippen molar-refractivity contribution in [3.63, 3.8) is 0 Å². The van der Waals surface area contributed by atoms with Gasteiger partial charge in [-0.3, -0.25) is 0 Å². The van der Waals surface area contributed by atoms with E-state index in [9.17, 15) is 18.4 Å². The molecule has 2 saturated carbocycles. The summed E-state index contributed by atoms with van der Waals surface area (Å²) in [7, 11) is 0. The van der Waals surface area contributed by atoms with Crippen LogP contribution in [0.25, 0.3) is 0 Å². The fourth-order valence-corrected chi connectivity index (χ4v) is 6.28. The monoisotopic (exact) mass is 562 g/mol. The van der Waals surface area contributed by atoms with Gasteiger partial charge in [-0.25, -0.2) is 18.4 Å². The Morgan fingerprint density at radius 1 is 0.625 bits per heavy atom. The van der Waals surface area contributed by atoms with Gasteiger partial charge < -0.3 is 9.47 Å². The first-order chi connectivity index (χ1) is 19.4. The number of carbonyl (C=O) groups is 2. The van der Waals surface area contributed by atoms with Gasteiger partial charge in [0, 0.05) is 0 Å². The number of rotatable bonds is 16. The minimum absolute atomic E-state index is 0.171. The van der Waals surface area contributed by atoms with Crippen molar-refractivity contribution in [1.82, 2.24) is 0 Å². The summed E-state index contributed by atoms with van der Waals surface area (Å²) in [5.74, 6) is -0.489. The fraction of sp³-hybridized carbons (Fsp3) is 0.765. The van der Waals surface area contributed by atoms with Crippen molar-refractivity contribution in [3.8, 4) is 0 Å². The standard InChI is InChI=1S/C34H52F2O4/c1-3-5-7-9-11-31(35)33(37)39-29-21-17-27(18-22-29)25-13-15-26(16-14-25)28-19-23-30(24-20-28)40-34(38)32(36)12-10-8-6-4-2/h13-16,27-32H,3-12,17-24H2,1-2H3/t27?,28?,29?,30?,31-,32-/m0/s1. The average molecular weight is 563 g/mol. The minimum atomic E-state index is -1.50. The quantitative estimate of drug-likeness (QED) is 0.149. The highest BCUT2D eigenvalue weighted by Crippen LogP contribution is 2.37. The van der Waals surface area contributed by atoms with E-state index in [1.807, 2.05) is 0 Å². The molecule has 1 aromatic rings. The van der Waals surface area contributed by atoms with Crippen LogP contribution in [0.2, 0.25) is 0 Å². The van der Waals surface area contributed by atoms with Gasteiger partial charge >= 0.3 is 11.9 Å². The van der Waals surface area contributed by atoms with Gasteiger partial charge in [-0.05, 0) is 100 Å². The number of hydrogen-bond donors (Lipinski definition) is 0. The highest BCUT2D eigenvalue weighted by molar-refractivity contribution is 5.75. The van der Waals surface area contributed by atoms with Crippen LogP contribution >= 0.6 is 0 Å². The average Bonchev–Trinajstić information content (AvgIpc) is 2.98. The maximum atomic E-state index is 14.2. The lowest BCUT2D eigenvalue weighted by Gasteiger charge is -2.30. The molecule has 0 spiro atoms. The van der Waals surface area contributed by atoms with Crippen molar-refractivity contribution in [2.24, 2.45) is 0 Å². The first-order valence-corrected chi connectivity index (χ1v) is 16.2. The van der Waals surface area contributed by atoms with E-state index in [1.54, 1.807) is 0 Å². The van der Waals surface area contributed by atoms with E-state index in [-0.39, 0.29) is 25.0 Å². The van der Waals surface area contributed by atoms with Gasteiger partial charge in [0.2, 0.25) is 0 Å². The van der Waals surface area contributed by atoms with Crippen molar-refractivity contribution < 1.29 is 27.8 Å². The van der Waals surface area contributed by atoms with Crippen LogP contribution in [0.5, 0.6) is 0 Å². The highest BCUT2D eigenvalue weighted by Gasteiger charge is 2.30. The normalized spacial score (nSPS) is 24.7. The van der Waals surface area contributed by atoms with Gasteiger partial charge in [-0.15, -0.1) is 0 Å². The number of esters is 2. The molecule has 4 nitrogen and oxygen atoms in total. The van der Waals surface area contributed by atoms with E-state index < -0.39 is 24.3 Å². The molecule has 0 radical (unpaired) electrons. The Labute approximate surface area is 241 Å². The smallest absolute Gasteiger partial charge is 0.340 e. The van der Waals surface area contributed by atoms with Crippen LogP contribution in [0.1, 0.15) is 152 Å². The molecule has 40 heavy (non-hydrogen) atoms. The first kappa shape index (κ1) is 32.5. The Balaban J connectivity index is 1.35. The molecule has 0 bridgehead atoms. The molecule has 1 aromatic carbocycles. The molecular weight excluding hydrogens is 510 g/mol. The zero-order valence-corrected chi connectivity index (χ0v) is 24.9. The van der Waals surface area contributed by atoms with Crippen LogP contribution in [-0.4, -0.2) is 36.5 Å². The van der Waals surface area contributed by atoms with Crippen LogP contribution in [0, 0.1) is 0 Å². The molecule has 0 amide bonds. The highest BCUT2D eigenvalue weighted by atomic mass is 19.1. The van der Waals surface area contributed by atoms with Crippen LogP contribution < -0.4 is 0 Å². The molecule has 0 N–H and O–H groups in total. The number of halogens is 2. The lowest BCUT2D eigenvalue weighted by molar-refractivity contribution is -0.157. The predicted molar refractivity (Wildman–Crippen MR) is 156 cm³/mol. The number of alkyl halides is 2. The first-order valence-electron chi connectivity index (χ1n) is 16.2. The topological polar surface area (TPSA) is 52.6 Å². The summed E-state index contributed by atoms with van der Waals surface area (Å²) in [5.41, 5.74) is 2.62. The van der Waals surface area contributed by atoms with Gasteiger partial charge in [0.15, 0.2) is 12.3 Å². The van der Waals surface area contributed by atoms with Gasteiger partial charge in [0.05, 0.1) is 0 Å². The molecule has 226 valence electrons. The maximum absolute atomic E-state index is 14.2. The zero-order chi connectivity index (χ0) is 28.7. The predicted octanol–water partition coefficient (Wildman–Crippen LogP) is 9.44. The number of ether oxygens (including phenoxy) is 2. The third-order valence-corrected chi connectivity index (χ3v) is 8.93. The Hall–Kier alpha value is -1.98. The second kappa shape index (κ2) is 17.7. The number of benzene rings is 1. The summed E-state index contributed by atoms with van der Waals surface area (Å²) in [4.78, 5) is 24.3. The third kappa shape index (κ3) is 10.8. The van der Waals surface area contributed by atoms with E-state index in [2.05, 4.69) is 38.1 Å². The lowest BCUT2D eigenvalue weighted by Crippen LogP contribution is -2.28. The Morgan fingerprint density at radius 2 is 0.975 bits per heavy atom. The summed E-state index contributed by atoms with van der Waals surface area (Å²) in [5, 5.41) is 0. The molecule has 0 saturated heterocycles. The molecule has 2 aliphatic carbocycles. The Morgan fingerprint density at radius 3 is 1.30 bits per heavy atom. The molecule has 3 rings (SSSR count). The maximum Gasteiger partial charge on any atom is 0.340 e. The largest absolute Gasteiger partial charge is 0.460 e.